The van der Waals surface area contributed by atoms with Crippen molar-refractivity contribution in [2.45, 2.75) is 13.8 Å². The topological polar surface area (TPSA) is 64.6 Å². The predicted molar refractivity (Wildman–Crippen MR) is 80.1 cm³/mol. The number of methoxy groups -OCH3 is 2. The van der Waals surface area contributed by atoms with E-state index in [1.807, 2.05) is 13.8 Å². The summed E-state index contributed by atoms with van der Waals surface area (Å²) in [5, 5.41) is 21.8. The molecule has 0 aliphatic heterocycles. The van der Waals surface area contributed by atoms with Crippen LogP contribution in [0.25, 0.3) is 0 Å². The molecule has 0 heterocycles. The molecule has 0 atom stereocenters. The van der Waals surface area contributed by atoms with E-state index in [4.69, 9.17) is 9.47 Å². The van der Waals surface area contributed by atoms with Gasteiger partial charge in [-0.15, -0.1) is 0 Å². The van der Waals surface area contributed by atoms with Crippen LogP contribution < -0.4 is 19.7 Å². The van der Waals surface area contributed by atoms with Gasteiger partial charge in [-0.3, -0.25) is 0 Å². The molecule has 0 N–H and O–H groups in total. The van der Waals surface area contributed by atoms with Crippen LogP contribution in [0.3, 0.4) is 0 Å². The van der Waals surface area contributed by atoms with Crippen molar-refractivity contribution in [3.8, 4) is 23.0 Å². The van der Waals surface area contributed by atoms with Gasteiger partial charge in [-0.25, -0.2) is 0 Å². The van der Waals surface area contributed by atoms with Gasteiger partial charge < -0.3 is 19.7 Å². The summed E-state index contributed by atoms with van der Waals surface area (Å²) >= 11 is 0. The normalized spacial score (nSPS) is 8.95. The van der Waals surface area contributed by atoms with E-state index in [9.17, 15) is 10.2 Å². The first-order valence-electron chi connectivity index (χ1n) is 6.11. The van der Waals surface area contributed by atoms with Crippen LogP contribution in [0.2, 0.25) is 0 Å². The van der Waals surface area contributed by atoms with Gasteiger partial charge >= 0.3 is 23.1 Å². The monoisotopic (exact) mass is 298 g/mol. The minimum absolute atomic E-state index is 0. The van der Waals surface area contributed by atoms with Gasteiger partial charge in [0, 0.05) is 0 Å². The third kappa shape index (κ3) is 6.14. The van der Waals surface area contributed by atoms with Crippen molar-refractivity contribution in [1.29, 1.82) is 0 Å². The maximum Gasteiger partial charge on any atom is 2.00 e. The van der Waals surface area contributed by atoms with E-state index in [2.05, 4.69) is 0 Å². The molecule has 21 heavy (non-hydrogen) atoms. The Hall–Kier alpha value is -1.59. The van der Waals surface area contributed by atoms with E-state index >= 15 is 0 Å². The van der Waals surface area contributed by atoms with E-state index in [-0.39, 0.29) is 34.6 Å². The largest absolute Gasteiger partial charge is 2.00 e. The van der Waals surface area contributed by atoms with Gasteiger partial charge in [0.05, 0.1) is 14.2 Å². The predicted octanol–water partition coefficient (Wildman–Crippen LogP) is 1.77. The average Bonchev–Trinajstić information content (AvgIpc) is 2.44. The summed E-state index contributed by atoms with van der Waals surface area (Å²) in [5.41, 5.74) is 2.08. The number of hydrogen-bond acceptors (Lipinski definition) is 4. The summed E-state index contributed by atoms with van der Waals surface area (Å²) in [7, 11) is 2.99. The molecule has 4 nitrogen and oxygen atoms in total. The fourth-order valence-electron chi connectivity index (χ4n) is 1.55. The Morgan fingerprint density at radius 1 is 0.714 bits per heavy atom. The molecule has 2 aromatic carbocycles. The number of aryl methyl sites for hydroxylation is 2. The summed E-state index contributed by atoms with van der Waals surface area (Å²) in [6.07, 6.45) is 0. The molecule has 0 unspecified atom stereocenters. The van der Waals surface area contributed by atoms with Gasteiger partial charge in [-0.1, -0.05) is 35.8 Å². The summed E-state index contributed by atoms with van der Waals surface area (Å²) in [6.45, 7) is 3.84. The van der Waals surface area contributed by atoms with Crippen molar-refractivity contribution in [1.82, 2.24) is 0 Å². The molecule has 0 aliphatic carbocycles. The SMILES string of the molecule is COc1cc(C)ccc1[O-].COc1cc(C)ccc1[O-].[Mg+2]. The van der Waals surface area contributed by atoms with Gasteiger partial charge in [0.1, 0.15) is 11.5 Å². The Morgan fingerprint density at radius 3 is 1.29 bits per heavy atom. The Morgan fingerprint density at radius 2 is 1.05 bits per heavy atom. The average molecular weight is 299 g/mol. The van der Waals surface area contributed by atoms with Crippen LogP contribution in [0.15, 0.2) is 36.4 Å². The minimum Gasteiger partial charge on any atom is -0.870 e. The van der Waals surface area contributed by atoms with Gasteiger partial charge in [-0.2, -0.15) is 0 Å². The van der Waals surface area contributed by atoms with Crippen molar-refractivity contribution in [2.24, 2.45) is 0 Å². The second-order valence-electron chi connectivity index (χ2n) is 4.31. The first kappa shape index (κ1) is 19.4. The summed E-state index contributed by atoms with van der Waals surface area (Å²) < 4.78 is 9.63. The Balaban J connectivity index is 0.000000364. The van der Waals surface area contributed by atoms with Gasteiger partial charge in [0.2, 0.25) is 0 Å². The molecule has 0 fully saturated rings. The van der Waals surface area contributed by atoms with Crippen molar-refractivity contribution in [2.75, 3.05) is 14.2 Å². The van der Waals surface area contributed by atoms with Crippen molar-refractivity contribution < 1.29 is 19.7 Å². The van der Waals surface area contributed by atoms with Gasteiger partial charge in [0.25, 0.3) is 0 Å². The van der Waals surface area contributed by atoms with Crippen LogP contribution in [-0.4, -0.2) is 37.3 Å². The van der Waals surface area contributed by atoms with Crippen LogP contribution >= 0.6 is 0 Å². The number of hydrogen-bond donors (Lipinski definition) is 0. The Bertz CT molecular complexity index is 519. The fraction of sp³-hybridized carbons (Fsp3) is 0.250. The van der Waals surface area contributed by atoms with Crippen molar-refractivity contribution in [3.05, 3.63) is 47.5 Å². The van der Waals surface area contributed by atoms with E-state index in [1.165, 1.54) is 26.4 Å². The molecule has 0 amide bonds. The zero-order valence-corrected chi connectivity index (χ0v) is 14.2. The molecule has 108 valence electrons. The molecule has 0 radical (unpaired) electrons. The minimum atomic E-state index is -0.0619. The molecule has 0 saturated carbocycles. The first-order chi connectivity index (χ1) is 9.47. The molecule has 2 rings (SSSR count). The molecular weight excluding hydrogens is 280 g/mol. The molecule has 0 aliphatic rings. The van der Waals surface area contributed by atoms with Crippen LogP contribution in [0, 0.1) is 13.8 Å². The summed E-state index contributed by atoms with van der Waals surface area (Å²) in [6, 6.07) is 10.0. The van der Waals surface area contributed by atoms with Crippen molar-refractivity contribution in [3.63, 3.8) is 0 Å². The Labute approximate surface area is 141 Å². The van der Waals surface area contributed by atoms with Crippen LogP contribution in [0.1, 0.15) is 11.1 Å². The maximum atomic E-state index is 10.9. The number of rotatable bonds is 2. The molecular formula is C16H18MgO4. The molecule has 0 saturated heterocycles. The van der Waals surface area contributed by atoms with Gasteiger partial charge in [-0.05, 0) is 37.1 Å². The number of benzene rings is 2. The smallest absolute Gasteiger partial charge is 0.870 e. The van der Waals surface area contributed by atoms with E-state index in [0.717, 1.165) is 11.1 Å². The molecule has 0 aromatic heterocycles. The van der Waals surface area contributed by atoms with Crippen molar-refractivity contribution >= 4 is 23.1 Å². The third-order valence-electron chi connectivity index (χ3n) is 2.64. The zero-order valence-electron chi connectivity index (χ0n) is 12.8. The molecule has 5 heteroatoms. The zero-order chi connectivity index (χ0) is 15.1. The first-order valence-corrected chi connectivity index (χ1v) is 6.11. The third-order valence-corrected chi connectivity index (χ3v) is 2.64. The standard InChI is InChI=1S/2C8H10O2.Mg/c2*1-6-3-4-7(9)8(5-6)10-2;/h2*3-5,9H,1-2H3;/q;;+2/p-2. The second kappa shape index (κ2) is 9.36. The summed E-state index contributed by atoms with van der Waals surface area (Å²) in [4.78, 5) is 0. The Kier molecular flexibility index (Phi) is 8.65. The van der Waals surface area contributed by atoms with E-state index in [1.54, 1.807) is 24.3 Å². The quantitative estimate of drug-likeness (QED) is 0.793. The summed E-state index contributed by atoms with van der Waals surface area (Å²) in [5.74, 6) is 0.709. The number of ether oxygens (including phenoxy) is 2. The maximum absolute atomic E-state index is 10.9. The van der Waals surface area contributed by atoms with E-state index < -0.39 is 0 Å². The molecule has 0 spiro atoms. The van der Waals surface area contributed by atoms with Crippen LogP contribution in [0.4, 0.5) is 0 Å². The molecule has 0 bridgehead atoms. The van der Waals surface area contributed by atoms with Crippen LogP contribution in [-0.2, 0) is 0 Å². The second-order valence-corrected chi connectivity index (χ2v) is 4.31. The van der Waals surface area contributed by atoms with Gasteiger partial charge in [0.15, 0.2) is 0 Å². The molecule has 2 aromatic rings. The van der Waals surface area contributed by atoms with E-state index in [0.29, 0.717) is 11.5 Å². The fourth-order valence-corrected chi connectivity index (χ4v) is 1.55. The van der Waals surface area contributed by atoms with Crippen LogP contribution in [0.5, 0.6) is 23.0 Å².